The zero-order chi connectivity index (χ0) is 13.9. The van der Waals surface area contributed by atoms with Gasteiger partial charge in [-0.15, -0.1) is 11.8 Å². The molecule has 1 saturated heterocycles. The highest BCUT2D eigenvalue weighted by molar-refractivity contribution is 7.99. The number of likely N-dealkylation sites (tertiary alicyclic amines) is 1. The number of aromatic nitrogens is 1. The predicted molar refractivity (Wildman–Crippen MR) is 87.8 cm³/mol. The largest absolute Gasteiger partial charge is 0.363 e. The Balaban J connectivity index is 1.64. The van der Waals surface area contributed by atoms with Crippen LogP contribution in [0.1, 0.15) is 19.8 Å². The second-order valence-electron chi connectivity index (χ2n) is 5.43. The summed E-state index contributed by atoms with van der Waals surface area (Å²) in [6, 6.07) is 8.82. The fourth-order valence-electron chi connectivity index (χ4n) is 2.62. The summed E-state index contributed by atoms with van der Waals surface area (Å²) in [5.41, 5.74) is 1.21. The number of thioether (sulfide) groups is 1. The molecule has 106 valence electrons. The van der Waals surface area contributed by atoms with Crippen LogP contribution in [-0.2, 0) is 0 Å². The number of aromatic amines is 1. The first-order valence-electron chi connectivity index (χ1n) is 7.21. The number of fused-ring (bicyclic) bond motifs is 1. The van der Waals surface area contributed by atoms with Crippen LogP contribution in [-0.4, -0.2) is 41.1 Å². The Hall–Kier alpha value is -1.42. The van der Waals surface area contributed by atoms with Gasteiger partial charge in [0.05, 0.1) is 11.9 Å². The average Bonchev–Trinajstić information content (AvgIpc) is 3.04. The fourth-order valence-corrected chi connectivity index (χ4v) is 3.59. The van der Waals surface area contributed by atoms with Gasteiger partial charge in [0.15, 0.2) is 0 Å². The summed E-state index contributed by atoms with van der Waals surface area (Å²) in [5, 5.41) is 1.32. The van der Waals surface area contributed by atoms with E-state index in [1.807, 2.05) is 11.8 Å². The molecule has 1 aromatic heterocycles. The lowest BCUT2D eigenvalue weighted by atomic mass is 10.2. The number of rotatable bonds is 4. The first-order valence-corrected chi connectivity index (χ1v) is 8.19. The van der Waals surface area contributed by atoms with E-state index in [-0.39, 0.29) is 0 Å². The van der Waals surface area contributed by atoms with E-state index in [0.29, 0.717) is 6.04 Å². The minimum Gasteiger partial charge on any atom is -0.363 e. The Labute approximate surface area is 124 Å². The van der Waals surface area contributed by atoms with E-state index >= 15 is 0 Å². The topological polar surface area (TPSA) is 31.4 Å². The maximum absolute atomic E-state index is 4.85. The number of nitrogens with zero attached hydrogens (tertiary/aromatic N) is 2. The predicted octanol–water partition coefficient (Wildman–Crippen LogP) is 3.77. The molecule has 2 heterocycles. The van der Waals surface area contributed by atoms with E-state index in [0.717, 1.165) is 18.7 Å². The van der Waals surface area contributed by atoms with Gasteiger partial charge in [0, 0.05) is 47.8 Å². The van der Waals surface area contributed by atoms with Gasteiger partial charge in [-0.05, 0) is 19.4 Å². The van der Waals surface area contributed by atoms with Crippen LogP contribution in [0.25, 0.3) is 10.9 Å². The first-order chi connectivity index (χ1) is 9.74. The molecule has 3 nitrogen and oxygen atoms in total. The molecule has 20 heavy (non-hydrogen) atoms. The highest BCUT2D eigenvalue weighted by atomic mass is 32.2. The zero-order valence-electron chi connectivity index (χ0n) is 12.1. The molecule has 1 atom stereocenters. The number of benzene rings is 1. The number of amidine groups is 1. The summed E-state index contributed by atoms with van der Waals surface area (Å²) < 4.78 is 0. The molecular weight excluding hydrogens is 266 g/mol. The Morgan fingerprint density at radius 2 is 2.25 bits per heavy atom. The van der Waals surface area contributed by atoms with Crippen LogP contribution in [0, 0.1) is 0 Å². The monoisotopic (exact) mass is 287 g/mol. The third kappa shape index (κ3) is 2.85. The van der Waals surface area contributed by atoms with Crippen LogP contribution >= 0.6 is 11.8 Å². The molecule has 0 bridgehead atoms. The van der Waals surface area contributed by atoms with Gasteiger partial charge in [0.25, 0.3) is 0 Å². The van der Waals surface area contributed by atoms with Gasteiger partial charge < -0.3 is 9.88 Å². The molecular formula is C16H21N3S. The molecule has 1 N–H and O–H groups in total. The Morgan fingerprint density at radius 1 is 1.40 bits per heavy atom. The van der Waals surface area contributed by atoms with E-state index in [9.17, 15) is 0 Å². The average molecular weight is 287 g/mol. The van der Waals surface area contributed by atoms with E-state index in [1.54, 1.807) is 0 Å². The molecule has 4 heteroatoms. The van der Waals surface area contributed by atoms with Crippen molar-refractivity contribution in [2.24, 2.45) is 4.99 Å². The molecule has 0 radical (unpaired) electrons. The summed E-state index contributed by atoms with van der Waals surface area (Å²) in [5.74, 6) is 2.30. The SMILES string of the molecule is CC(CSc1c[nH]c2ccccc12)/N=C1\CCCN1C. The van der Waals surface area contributed by atoms with Crippen molar-refractivity contribution in [2.45, 2.75) is 30.7 Å². The quantitative estimate of drug-likeness (QED) is 0.868. The minimum absolute atomic E-state index is 0.365. The first kappa shape index (κ1) is 13.6. The Kier molecular flexibility index (Phi) is 4.01. The van der Waals surface area contributed by atoms with Crippen LogP contribution in [0.2, 0.25) is 0 Å². The van der Waals surface area contributed by atoms with Gasteiger partial charge in [-0.1, -0.05) is 18.2 Å². The number of nitrogens with one attached hydrogen (secondary N) is 1. The second kappa shape index (κ2) is 5.92. The number of hydrogen-bond acceptors (Lipinski definition) is 2. The Bertz CT molecular complexity index is 617. The number of H-pyrrole nitrogens is 1. The third-order valence-electron chi connectivity index (χ3n) is 3.74. The highest BCUT2D eigenvalue weighted by Gasteiger charge is 2.15. The van der Waals surface area contributed by atoms with Crippen molar-refractivity contribution in [2.75, 3.05) is 19.3 Å². The van der Waals surface area contributed by atoms with Gasteiger partial charge in [0.1, 0.15) is 0 Å². The summed E-state index contributed by atoms with van der Waals surface area (Å²) in [4.78, 5) is 11.8. The third-order valence-corrected chi connectivity index (χ3v) is 5.03. The van der Waals surface area contributed by atoms with Crippen molar-refractivity contribution in [3.05, 3.63) is 30.5 Å². The van der Waals surface area contributed by atoms with Crippen molar-refractivity contribution in [1.82, 2.24) is 9.88 Å². The highest BCUT2D eigenvalue weighted by Crippen LogP contribution is 2.28. The second-order valence-corrected chi connectivity index (χ2v) is 6.49. The van der Waals surface area contributed by atoms with Gasteiger partial charge >= 0.3 is 0 Å². The maximum atomic E-state index is 4.85. The maximum Gasteiger partial charge on any atom is 0.0990 e. The van der Waals surface area contributed by atoms with Crippen molar-refractivity contribution < 1.29 is 0 Å². The van der Waals surface area contributed by atoms with Gasteiger partial charge in [-0.25, -0.2) is 0 Å². The Morgan fingerprint density at radius 3 is 3.05 bits per heavy atom. The van der Waals surface area contributed by atoms with E-state index in [4.69, 9.17) is 4.99 Å². The molecule has 1 aliphatic heterocycles. The van der Waals surface area contributed by atoms with Crippen molar-refractivity contribution in [1.29, 1.82) is 0 Å². The van der Waals surface area contributed by atoms with Crippen molar-refractivity contribution in [3.8, 4) is 0 Å². The number of hydrogen-bond donors (Lipinski definition) is 1. The van der Waals surface area contributed by atoms with Crippen LogP contribution in [0.5, 0.6) is 0 Å². The normalized spacial score (nSPS) is 19.1. The molecule has 1 aromatic carbocycles. The van der Waals surface area contributed by atoms with E-state index < -0.39 is 0 Å². The molecule has 1 aliphatic rings. The van der Waals surface area contributed by atoms with Gasteiger partial charge in [0.2, 0.25) is 0 Å². The van der Waals surface area contributed by atoms with Gasteiger partial charge in [-0.2, -0.15) is 0 Å². The van der Waals surface area contributed by atoms with Gasteiger partial charge in [-0.3, -0.25) is 4.99 Å². The molecule has 1 unspecified atom stereocenters. The smallest absolute Gasteiger partial charge is 0.0990 e. The molecule has 2 aromatic rings. The molecule has 3 rings (SSSR count). The lowest BCUT2D eigenvalue weighted by molar-refractivity contribution is 0.545. The lowest BCUT2D eigenvalue weighted by Crippen LogP contribution is -2.21. The summed E-state index contributed by atoms with van der Waals surface area (Å²) in [6.07, 6.45) is 4.49. The standard InChI is InChI=1S/C16H21N3S/c1-12(18-16-8-5-9-19(16)2)11-20-15-10-17-14-7-4-3-6-13(14)15/h3-4,6-7,10,12,17H,5,8-9,11H2,1-2H3/b18-16+. The van der Waals surface area contributed by atoms with Crippen LogP contribution < -0.4 is 0 Å². The molecule has 0 aliphatic carbocycles. The van der Waals surface area contributed by atoms with E-state index in [1.165, 1.54) is 28.1 Å². The lowest BCUT2D eigenvalue weighted by Gasteiger charge is -2.14. The summed E-state index contributed by atoms with van der Waals surface area (Å²) in [6.45, 7) is 3.36. The molecule has 1 fully saturated rings. The van der Waals surface area contributed by atoms with Crippen LogP contribution in [0.4, 0.5) is 0 Å². The molecule has 0 spiro atoms. The van der Waals surface area contributed by atoms with E-state index in [2.05, 4.69) is 54.3 Å². The molecule has 0 amide bonds. The summed E-state index contributed by atoms with van der Waals surface area (Å²) in [7, 11) is 2.14. The zero-order valence-corrected chi connectivity index (χ0v) is 12.9. The number of para-hydroxylation sites is 1. The molecule has 0 saturated carbocycles. The van der Waals surface area contributed by atoms with Crippen LogP contribution in [0.15, 0.2) is 40.4 Å². The number of aliphatic imine (C=N–C) groups is 1. The van der Waals surface area contributed by atoms with Crippen molar-refractivity contribution >= 4 is 28.5 Å². The summed E-state index contributed by atoms with van der Waals surface area (Å²) >= 11 is 1.89. The minimum atomic E-state index is 0.365. The van der Waals surface area contributed by atoms with Crippen molar-refractivity contribution in [3.63, 3.8) is 0 Å². The van der Waals surface area contributed by atoms with Crippen LogP contribution in [0.3, 0.4) is 0 Å². The fraction of sp³-hybridized carbons (Fsp3) is 0.438.